The summed E-state index contributed by atoms with van der Waals surface area (Å²) in [6, 6.07) is 6.15. The van der Waals surface area contributed by atoms with E-state index in [0.29, 0.717) is 6.54 Å². The summed E-state index contributed by atoms with van der Waals surface area (Å²) in [6.45, 7) is 0.549. The second-order valence-electron chi connectivity index (χ2n) is 3.47. The third-order valence-electron chi connectivity index (χ3n) is 2.40. The first kappa shape index (κ1) is 9.62. The highest BCUT2D eigenvalue weighted by atomic mass is 32.2. The number of nitrogens with zero attached hydrogens (tertiary/aromatic N) is 2. The molecule has 4 nitrogen and oxygen atoms in total. The van der Waals surface area contributed by atoms with Gasteiger partial charge < -0.3 is 11.1 Å². The molecule has 1 aliphatic rings. The van der Waals surface area contributed by atoms with E-state index in [2.05, 4.69) is 27.4 Å². The summed E-state index contributed by atoms with van der Waals surface area (Å²) in [5, 5.41) is 4.18. The molecule has 0 saturated heterocycles. The van der Waals surface area contributed by atoms with Gasteiger partial charge in [-0.15, -0.1) is 0 Å². The van der Waals surface area contributed by atoms with Crippen molar-refractivity contribution in [2.75, 3.05) is 5.32 Å². The molecule has 1 aromatic carbocycles. The van der Waals surface area contributed by atoms with Crippen molar-refractivity contribution >= 4 is 23.3 Å². The summed E-state index contributed by atoms with van der Waals surface area (Å²) in [6.07, 6.45) is 3.39. The maximum absolute atomic E-state index is 5.62. The molecule has 0 unspecified atom stereocenters. The van der Waals surface area contributed by atoms with Gasteiger partial charge in [0.2, 0.25) is 0 Å². The average molecular weight is 230 g/mol. The minimum atomic E-state index is 0.549. The maximum Gasteiger partial charge on any atom is 0.163 e. The molecule has 16 heavy (non-hydrogen) atoms. The van der Waals surface area contributed by atoms with E-state index in [-0.39, 0.29) is 0 Å². The molecule has 5 heteroatoms. The van der Waals surface area contributed by atoms with Crippen LogP contribution in [0.15, 0.2) is 40.5 Å². The number of nitrogens with one attached hydrogen (secondary N) is 1. The molecule has 2 heterocycles. The Kier molecular flexibility index (Phi) is 2.27. The first-order valence-electron chi connectivity index (χ1n) is 4.96. The molecule has 0 fully saturated rings. The van der Waals surface area contributed by atoms with Crippen LogP contribution in [0.25, 0.3) is 0 Å². The van der Waals surface area contributed by atoms with Crippen molar-refractivity contribution in [2.45, 2.75) is 16.5 Å². The van der Waals surface area contributed by atoms with Crippen LogP contribution in [0.3, 0.4) is 0 Å². The highest BCUT2D eigenvalue weighted by molar-refractivity contribution is 7.99. The zero-order valence-corrected chi connectivity index (χ0v) is 9.29. The fourth-order valence-corrected chi connectivity index (χ4v) is 2.49. The van der Waals surface area contributed by atoms with E-state index in [1.165, 1.54) is 0 Å². The minimum Gasteiger partial charge on any atom is -0.337 e. The number of hydrogen-bond donors (Lipinski definition) is 2. The lowest BCUT2D eigenvalue weighted by Gasteiger charge is -2.18. The van der Waals surface area contributed by atoms with Crippen molar-refractivity contribution in [3.8, 4) is 0 Å². The van der Waals surface area contributed by atoms with Gasteiger partial charge in [-0.25, -0.2) is 9.97 Å². The van der Waals surface area contributed by atoms with Gasteiger partial charge in [-0.1, -0.05) is 17.8 Å². The maximum atomic E-state index is 5.62. The lowest BCUT2D eigenvalue weighted by molar-refractivity contribution is 1.03. The normalized spacial score (nSPS) is 12.6. The number of nitrogens with two attached hydrogens (primary N) is 1. The van der Waals surface area contributed by atoms with Crippen molar-refractivity contribution in [3.05, 3.63) is 36.2 Å². The van der Waals surface area contributed by atoms with Crippen molar-refractivity contribution in [1.29, 1.82) is 0 Å². The van der Waals surface area contributed by atoms with Gasteiger partial charge in [-0.05, 0) is 17.7 Å². The number of hydrogen-bond acceptors (Lipinski definition) is 5. The van der Waals surface area contributed by atoms with Crippen LogP contribution < -0.4 is 11.1 Å². The number of benzene rings is 1. The Bertz CT molecular complexity index is 541. The quantitative estimate of drug-likeness (QED) is 0.670. The Balaban J connectivity index is 2.05. The minimum absolute atomic E-state index is 0.549. The van der Waals surface area contributed by atoms with E-state index in [1.807, 2.05) is 6.07 Å². The second-order valence-corrected chi connectivity index (χ2v) is 4.50. The predicted molar refractivity (Wildman–Crippen MR) is 63.8 cm³/mol. The standard InChI is InChI=1S/C11H10N4S/c12-6-7-1-2-9-8(5-7)15-10-11(16-9)14-4-3-13-10/h1-5H,6,12H2,(H,13,15). The van der Waals surface area contributed by atoms with Gasteiger partial charge in [0.15, 0.2) is 5.82 Å². The van der Waals surface area contributed by atoms with Crippen LogP contribution >= 0.6 is 11.8 Å². The zero-order valence-electron chi connectivity index (χ0n) is 8.47. The zero-order chi connectivity index (χ0) is 11.0. The first-order valence-corrected chi connectivity index (χ1v) is 5.77. The summed E-state index contributed by atoms with van der Waals surface area (Å²) in [7, 11) is 0. The Morgan fingerprint density at radius 2 is 2.12 bits per heavy atom. The van der Waals surface area contributed by atoms with E-state index >= 15 is 0 Å². The molecule has 0 amide bonds. The molecule has 1 aliphatic heterocycles. The van der Waals surface area contributed by atoms with Crippen LogP contribution in [0.2, 0.25) is 0 Å². The number of anilines is 2. The van der Waals surface area contributed by atoms with Crippen molar-refractivity contribution < 1.29 is 0 Å². The van der Waals surface area contributed by atoms with Crippen molar-refractivity contribution in [3.63, 3.8) is 0 Å². The Hall–Kier alpha value is -1.59. The van der Waals surface area contributed by atoms with Gasteiger partial charge >= 0.3 is 0 Å². The lowest BCUT2D eigenvalue weighted by Crippen LogP contribution is -2.05. The highest BCUT2D eigenvalue weighted by Crippen LogP contribution is 2.41. The summed E-state index contributed by atoms with van der Waals surface area (Å²) in [4.78, 5) is 9.68. The topological polar surface area (TPSA) is 63.8 Å². The molecule has 2 aromatic rings. The molecule has 80 valence electrons. The molecule has 0 aliphatic carbocycles. The highest BCUT2D eigenvalue weighted by Gasteiger charge is 2.17. The fourth-order valence-electron chi connectivity index (χ4n) is 1.61. The number of fused-ring (bicyclic) bond motifs is 2. The molecule has 1 aromatic heterocycles. The molecule has 0 radical (unpaired) electrons. The van der Waals surface area contributed by atoms with Crippen LogP contribution in [-0.2, 0) is 6.54 Å². The van der Waals surface area contributed by atoms with Gasteiger partial charge in [0.25, 0.3) is 0 Å². The molecule has 0 atom stereocenters. The van der Waals surface area contributed by atoms with Crippen molar-refractivity contribution in [1.82, 2.24) is 9.97 Å². The average Bonchev–Trinajstić information content (AvgIpc) is 2.35. The van der Waals surface area contributed by atoms with Gasteiger partial charge in [-0.3, -0.25) is 0 Å². The summed E-state index contributed by atoms with van der Waals surface area (Å²) >= 11 is 1.62. The van der Waals surface area contributed by atoms with Crippen molar-refractivity contribution in [2.24, 2.45) is 5.73 Å². The van der Waals surface area contributed by atoms with Gasteiger partial charge in [-0.2, -0.15) is 0 Å². The fraction of sp³-hybridized carbons (Fsp3) is 0.0909. The summed E-state index contributed by atoms with van der Waals surface area (Å²) in [5.74, 6) is 0.814. The molecule has 0 spiro atoms. The van der Waals surface area contributed by atoms with E-state index in [4.69, 9.17) is 5.73 Å². The van der Waals surface area contributed by atoms with E-state index in [1.54, 1.807) is 24.2 Å². The first-order chi connectivity index (χ1) is 7.86. The van der Waals surface area contributed by atoms with E-state index < -0.39 is 0 Å². The van der Waals surface area contributed by atoms with Gasteiger partial charge in [0.05, 0.1) is 5.69 Å². The number of aromatic nitrogens is 2. The van der Waals surface area contributed by atoms with Crippen LogP contribution in [-0.4, -0.2) is 9.97 Å². The SMILES string of the molecule is NCc1ccc2c(c1)Nc1nccnc1S2. The molecule has 0 saturated carbocycles. The molecular formula is C11H10N4S. The second kappa shape index (κ2) is 3.77. The predicted octanol–water partition coefficient (Wildman–Crippen LogP) is 2.14. The smallest absolute Gasteiger partial charge is 0.163 e. The lowest BCUT2D eigenvalue weighted by atomic mass is 10.2. The van der Waals surface area contributed by atoms with Crippen LogP contribution in [0.1, 0.15) is 5.56 Å². The monoisotopic (exact) mass is 230 g/mol. The largest absolute Gasteiger partial charge is 0.337 e. The molecular weight excluding hydrogens is 220 g/mol. The third-order valence-corrected chi connectivity index (χ3v) is 3.47. The van der Waals surface area contributed by atoms with Gasteiger partial charge in [0, 0.05) is 23.8 Å². The molecule has 3 N–H and O–H groups in total. The molecule has 3 rings (SSSR count). The Morgan fingerprint density at radius 3 is 3.00 bits per heavy atom. The van der Waals surface area contributed by atoms with Crippen LogP contribution in [0.4, 0.5) is 11.5 Å². The summed E-state index contributed by atoms with van der Waals surface area (Å²) in [5.41, 5.74) is 7.78. The van der Waals surface area contributed by atoms with E-state index in [0.717, 1.165) is 27.0 Å². The van der Waals surface area contributed by atoms with E-state index in [9.17, 15) is 0 Å². The third kappa shape index (κ3) is 1.54. The van der Waals surface area contributed by atoms with Crippen LogP contribution in [0.5, 0.6) is 0 Å². The molecule has 0 bridgehead atoms. The van der Waals surface area contributed by atoms with Crippen LogP contribution in [0, 0.1) is 0 Å². The Labute approximate surface area is 97.3 Å². The Morgan fingerprint density at radius 1 is 1.25 bits per heavy atom. The number of rotatable bonds is 1. The van der Waals surface area contributed by atoms with Gasteiger partial charge in [0.1, 0.15) is 5.03 Å². The summed E-state index contributed by atoms with van der Waals surface area (Å²) < 4.78 is 0.